The lowest BCUT2D eigenvalue weighted by Crippen LogP contribution is -2.30. The van der Waals surface area contributed by atoms with Gasteiger partial charge in [-0.3, -0.25) is 0 Å². The molecule has 1 atom stereocenters. The van der Waals surface area contributed by atoms with Crippen LogP contribution in [0, 0.1) is 5.92 Å². The number of rotatable bonds is 7. The molecule has 1 aromatic rings. The highest BCUT2D eigenvalue weighted by Crippen LogP contribution is 2.23. The topological polar surface area (TPSA) is 12.0 Å². The highest BCUT2D eigenvalue weighted by Gasteiger charge is 2.13. The van der Waals surface area contributed by atoms with Gasteiger partial charge in [-0.25, -0.2) is 0 Å². The summed E-state index contributed by atoms with van der Waals surface area (Å²) in [6.45, 7) is 7.93. The fourth-order valence-corrected chi connectivity index (χ4v) is 3.28. The molecule has 0 fully saturated rings. The molecule has 1 nitrogen and oxygen atoms in total. The van der Waals surface area contributed by atoms with Crippen LogP contribution in [-0.4, -0.2) is 12.6 Å². The molecule has 0 saturated carbocycles. The summed E-state index contributed by atoms with van der Waals surface area (Å²) in [5.41, 5.74) is 4.74. The van der Waals surface area contributed by atoms with E-state index in [-0.39, 0.29) is 0 Å². The van der Waals surface area contributed by atoms with Gasteiger partial charge in [0.2, 0.25) is 0 Å². The minimum absolute atomic E-state index is 0.679. The SMILES string of the molecule is CCNC(CCc1ccc2c(c1)CCC2)CC(C)C. The van der Waals surface area contributed by atoms with Crippen molar-refractivity contribution in [2.75, 3.05) is 6.54 Å². The van der Waals surface area contributed by atoms with Gasteiger partial charge in [-0.15, -0.1) is 0 Å². The highest BCUT2D eigenvalue weighted by atomic mass is 14.9. The third-order valence-electron chi connectivity index (χ3n) is 4.19. The van der Waals surface area contributed by atoms with Gasteiger partial charge in [-0.2, -0.15) is 0 Å². The first-order valence-electron chi connectivity index (χ1n) is 8.03. The van der Waals surface area contributed by atoms with E-state index in [9.17, 15) is 0 Å². The number of hydrogen-bond acceptors (Lipinski definition) is 1. The second-order valence-electron chi connectivity index (χ2n) is 6.38. The Morgan fingerprint density at radius 2 is 1.95 bits per heavy atom. The maximum Gasteiger partial charge on any atom is 0.00725 e. The number of fused-ring (bicyclic) bond motifs is 1. The summed E-state index contributed by atoms with van der Waals surface area (Å²) >= 11 is 0. The van der Waals surface area contributed by atoms with Crippen LogP contribution in [0.25, 0.3) is 0 Å². The number of benzene rings is 1. The molecule has 0 radical (unpaired) electrons. The molecule has 0 aromatic heterocycles. The van der Waals surface area contributed by atoms with Crippen LogP contribution in [-0.2, 0) is 19.3 Å². The van der Waals surface area contributed by atoms with Crippen LogP contribution >= 0.6 is 0 Å². The first-order chi connectivity index (χ1) is 9.19. The first-order valence-corrected chi connectivity index (χ1v) is 8.03. The van der Waals surface area contributed by atoms with E-state index in [4.69, 9.17) is 0 Å². The van der Waals surface area contributed by atoms with Gasteiger partial charge in [0.1, 0.15) is 0 Å². The first kappa shape index (κ1) is 14.6. The molecule has 2 rings (SSSR count). The van der Waals surface area contributed by atoms with Gasteiger partial charge in [0.15, 0.2) is 0 Å². The Kier molecular flexibility index (Phi) is 5.45. The summed E-state index contributed by atoms with van der Waals surface area (Å²) in [6, 6.07) is 7.85. The predicted octanol–water partition coefficient (Wildman–Crippen LogP) is 4.13. The minimum Gasteiger partial charge on any atom is -0.314 e. The van der Waals surface area contributed by atoms with Crippen molar-refractivity contribution in [1.29, 1.82) is 0 Å². The average molecular weight is 259 g/mol. The zero-order valence-electron chi connectivity index (χ0n) is 12.8. The van der Waals surface area contributed by atoms with Crippen LogP contribution in [0.5, 0.6) is 0 Å². The third kappa shape index (κ3) is 4.35. The molecule has 19 heavy (non-hydrogen) atoms. The van der Waals surface area contributed by atoms with E-state index >= 15 is 0 Å². The molecule has 1 aliphatic rings. The summed E-state index contributed by atoms with van der Waals surface area (Å²) in [7, 11) is 0. The molecule has 0 bridgehead atoms. The van der Waals surface area contributed by atoms with Crippen LogP contribution in [0.3, 0.4) is 0 Å². The molecule has 1 unspecified atom stereocenters. The lowest BCUT2D eigenvalue weighted by molar-refractivity contribution is 0.405. The Morgan fingerprint density at radius 1 is 1.16 bits per heavy atom. The standard InChI is InChI=1S/C18H29N/c1-4-19-18(12-14(2)3)11-9-15-8-10-16-6-5-7-17(16)13-15/h8,10,13-14,18-19H,4-7,9,11-12H2,1-3H3. The van der Waals surface area contributed by atoms with Gasteiger partial charge in [0.25, 0.3) is 0 Å². The molecular weight excluding hydrogens is 230 g/mol. The fourth-order valence-electron chi connectivity index (χ4n) is 3.28. The zero-order valence-corrected chi connectivity index (χ0v) is 12.8. The summed E-state index contributed by atoms with van der Waals surface area (Å²) in [6.07, 6.45) is 7.72. The minimum atomic E-state index is 0.679. The number of nitrogens with one attached hydrogen (secondary N) is 1. The number of hydrogen-bond donors (Lipinski definition) is 1. The van der Waals surface area contributed by atoms with Crippen molar-refractivity contribution in [3.05, 3.63) is 34.9 Å². The van der Waals surface area contributed by atoms with Crippen molar-refractivity contribution in [3.63, 3.8) is 0 Å². The van der Waals surface area contributed by atoms with Gasteiger partial charge in [-0.1, -0.05) is 39.0 Å². The van der Waals surface area contributed by atoms with E-state index in [1.165, 1.54) is 44.1 Å². The molecule has 1 N–H and O–H groups in total. The van der Waals surface area contributed by atoms with Crippen molar-refractivity contribution in [3.8, 4) is 0 Å². The van der Waals surface area contributed by atoms with Crippen molar-refractivity contribution in [1.82, 2.24) is 5.32 Å². The predicted molar refractivity (Wildman–Crippen MR) is 83.7 cm³/mol. The van der Waals surface area contributed by atoms with Gasteiger partial charge in [0, 0.05) is 6.04 Å². The third-order valence-corrected chi connectivity index (χ3v) is 4.19. The average Bonchev–Trinajstić information content (AvgIpc) is 2.83. The molecule has 0 heterocycles. The summed E-state index contributed by atoms with van der Waals surface area (Å²) in [4.78, 5) is 0. The number of aryl methyl sites for hydroxylation is 3. The van der Waals surface area contributed by atoms with Crippen molar-refractivity contribution >= 4 is 0 Å². The van der Waals surface area contributed by atoms with Crippen molar-refractivity contribution in [2.24, 2.45) is 5.92 Å². The largest absolute Gasteiger partial charge is 0.314 e. The van der Waals surface area contributed by atoms with E-state index in [2.05, 4.69) is 44.3 Å². The summed E-state index contributed by atoms with van der Waals surface area (Å²) < 4.78 is 0. The summed E-state index contributed by atoms with van der Waals surface area (Å²) in [5, 5.41) is 3.64. The van der Waals surface area contributed by atoms with E-state index in [0.29, 0.717) is 6.04 Å². The highest BCUT2D eigenvalue weighted by molar-refractivity contribution is 5.35. The molecule has 1 aliphatic carbocycles. The Morgan fingerprint density at radius 3 is 2.68 bits per heavy atom. The molecule has 106 valence electrons. The lowest BCUT2D eigenvalue weighted by Gasteiger charge is -2.20. The smallest absolute Gasteiger partial charge is 0.00725 e. The van der Waals surface area contributed by atoms with Crippen LogP contribution in [0.15, 0.2) is 18.2 Å². The van der Waals surface area contributed by atoms with Crippen LogP contribution in [0.1, 0.15) is 56.7 Å². The van der Waals surface area contributed by atoms with Crippen LogP contribution in [0.2, 0.25) is 0 Å². The molecular formula is C18H29N. The van der Waals surface area contributed by atoms with Gasteiger partial charge >= 0.3 is 0 Å². The second-order valence-corrected chi connectivity index (χ2v) is 6.38. The maximum absolute atomic E-state index is 3.64. The molecule has 1 heteroatoms. The van der Waals surface area contributed by atoms with Crippen LogP contribution in [0.4, 0.5) is 0 Å². The monoisotopic (exact) mass is 259 g/mol. The molecule has 1 aromatic carbocycles. The lowest BCUT2D eigenvalue weighted by atomic mass is 9.96. The normalized spacial score (nSPS) is 15.8. The zero-order chi connectivity index (χ0) is 13.7. The van der Waals surface area contributed by atoms with E-state index in [0.717, 1.165) is 12.5 Å². The second kappa shape index (κ2) is 7.09. The summed E-state index contributed by atoms with van der Waals surface area (Å²) in [5.74, 6) is 0.782. The van der Waals surface area contributed by atoms with Crippen molar-refractivity contribution < 1.29 is 0 Å². The maximum atomic E-state index is 3.64. The van der Waals surface area contributed by atoms with Crippen LogP contribution < -0.4 is 5.32 Å². The van der Waals surface area contributed by atoms with Gasteiger partial charge in [0.05, 0.1) is 0 Å². The van der Waals surface area contributed by atoms with E-state index in [1.54, 1.807) is 11.1 Å². The Hall–Kier alpha value is -0.820. The fraction of sp³-hybridized carbons (Fsp3) is 0.667. The quantitative estimate of drug-likeness (QED) is 0.776. The van der Waals surface area contributed by atoms with Gasteiger partial charge < -0.3 is 5.32 Å². The molecule has 0 amide bonds. The molecule has 0 spiro atoms. The van der Waals surface area contributed by atoms with Crippen molar-refractivity contribution in [2.45, 2.75) is 65.3 Å². The molecule has 0 saturated heterocycles. The van der Waals surface area contributed by atoms with Gasteiger partial charge in [-0.05, 0) is 67.7 Å². The Balaban J connectivity index is 1.89. The van der Waals surface area contributed by atoms with E-state index < -0.39 is 0 Å². The van der Waals surface area contributed by atoms with E-state index in [1.807, 2.05) is 0 Å². The Bertz CT molecular complexity index is 395. The Labute approximate surface area is 118 Å². The molecule has 0 aliphatic heterocycles.